The molecule has 1 aromatic rings. The molecule has 2 heterocycles. The molecule has 2 unspecified atom stereocenters. The van der Waals surface area contributed by atoms with Gasteiger partial charge in [-0.3, -0.25) is 4.79 Å². The van der Waals surface area contributed by atoms with Crippen LogP contribution >= 0.6 is 11.6 Å². The number of nitrogens with zero attached hydrogens (tertiary/aromatic N) is 3. The standard InChI is InChI=1S/C11H12ClN3O4/c1-19-11(18)8-2-6(16)5-15(8)10(17)7-3-14-9(12)4-13-7/h3-4,6,8,16H,2,5H2,1H3. The Kier molecular flexibility index (Phi) is 3.96. The molecule has 0 aliphatic carbocycles. The predicted molar refractivity (Wildman–Crippen MR) is 64.5 cm³/mol. The molecule has 2 rings (SSSR count). The van der Waals surface area contributed by atoms with Crippen LogP contribution in [-0.2, 0) is 9.53 Å². The second-order valence-electron chi connectivity index (χ2n) is 4.11. The van der Waals surface area contributed by atoms with E-state index in [-0.39, 0.29) is 23.8 Å². The number of likely N-dealkylation sites (tertiary alicyclic amines) is 1. The lowest BCUT2D eigenvalue weighted by molar-refractivity contribution is -0.145. The zero-order valence-electron chi connectivity index (χ0n) is 10.1. The molecule has 7 nitrogen and oxygen atoms in total. The number of esters is 1. The lowest BCUT2D eigenvalue weighted by Crippen LogP contribution is -2.41. The van der Waals surface area contributed by atoms with Crippen molar-refractivity contribution < 1.29 is 19.4 Å². The third kappa shape index (κ3) is 2.82. The van der Waals surface area contributed by atoms with E-state index in [0.29, 0.717) is 0 Å². The first-order chi connectivity index (χ1) is 9.02. The number of rotatable bonds is 2. The molecule has 0 radical (unpaired) electrons. The van der Waals surface area contributed by atoms with Gasteiger partial charge in [-0.15, -0.1) is 0 Å². The second-order valence-corrected chi connectivity index (χ2v) is 4.50. The van der Waals surface area contributed by atoms with Crippen molar-refractivity contribution in [3.63, 3.8) is 0 Å². The molecule has 2 atom stereocenters. The summed E-state index contributed by atoms with van der Waals surface area (Å²) in [6, 6.07) is -0.801. The Balaban J connectivity index is 2.21. The van der Waals surface area contributed by atoms with Gasteiger partial charge in [-0.2, -0.15) is 0 Å². The Labute approximate surface area is 114 Å². The van der Waals surface area contributed by atoms with Crippen LogP contribution in [0.2, 0.25) is 5.15 Å². The van der Waals surface area contributed by atoms with Gasteiger partial charge in [0.25, 0.3) is 5.91 Å². The number of aliphatic hydroxyl groups is 1. The number of hydrogen-bond acceptors (Lipinski definition) is 6. The summed E-state index contributed by atoms with van der Waals surface area (Å²) in [5, 5.41) is 9.76. The zero-order chi connectivity index (χ0) is 14.0. The fourth-order valence-corrected chi connectivity index (χ4v) is 2.07. The molecule has 1 saturated heterocycles. The monoisotopic (exact) mass is 285 g/mol. The van der Waals surface area contributed by atoms with Crippen LogP contribution in [0.5, 0.6) is 0 Å². The van der Waals surface area contributed by atoms with E-state index in [1.807, 2.05) is 0 Å². The van der Waals surface area contributed by atoms with Crippen LogP contribution in [0.4, 0.5) is 0 Å². The first-order valence-electron chi connectivity index (χ1n) is 5.57. The lowest BCUT2D eigenvalue weighted by atomic mass is 10.2. The zero-order valence-corrected chi connectivity index (χ0v) is 10.9. The number of carbonyl (C=O) groups excluding carboxylic acids is 2. The van der Waals surface area contributed by atoms with Gasteiger partial charge in [-0.05, 0) is 0 Å². The van der Waals surface area contributed by atoms with Crippen molar-refractivity contribution in [2.24, 2.45) is 0 Å². The van der Waals surface area contributed by atoms with E-state index < -0.39 is 24.0 Å². The summed E-state index contributed by atoms with van der Waals surface area (Å²) in [7, 11) is 1.23. The van der Waals surface area contributed by atoms with E-state index in [1.54, 1.807) is 0 Å². The van der Waals surface area contributed by atoms with Gasteiger partial charge in [-0.25, -0.2) is 14.8 Å². The molecular weight excluding hydrogens is 274 g/mol. The van der Waals surface area contributed by atoms with Crippen molar-refractivity contribution in [1.29, 1.82) is 0 Å². The molecule has 19 heavy (non-hydrogen) atoms. The van der Waals surface area contributed by atoms with E-state index >= 15 is 0 Å². The lowest BCUT2D eigenvalue weighted by Gasteiger charge is -2.21. The number of aliphatic hydroxyl groups excluding tert-OH is 1. The fraction of sp³-hybridized carbons (Fsp3) is 0.455. The summed E-state index contributed by atoms with van der Waals surface area (Å²) in [5.41, 5.74) is 0.0624. The van der Waals surface area contributed by atoms with Crippen LogP contribution < -0.4 is 0 Å². The molecule has 1 fully saturated rings. The molecule has 1 aliphatic rings. The van der Waals surface area contributed by atoms with Crippen LogP contribution in [-0.4, -0.2) is 57.7 Å². The summed E-state index contributed by atoms with van der Waals surface area (Å²) in [6.45, 7) is 0.0584. The highest BCUT2D eigenvalue weighted by Crippen LogP contribution is 2.21. The highest BCUT2D eigenvalue weighted by atomic mass is 35.5. The SMILES string of the molecule is COC(=O)C1CC(O)CN1C(=O)c1cnc(Cl)cn1. The van der Waals surface area contributed by atoms with Crippen LogP contribution in [0.3, 0.4) is 0 Å². The number of ether oxygens (including phenoxy) is 1. The van der Waals surface area contributed by atoms with Crippen molar-refractivity contribution in [1.82, 2.24) is 14.9 Å². The topological polar surface area (TPSA) is 92.6 Å². The third-order valence-corrected chi connectivity index (χ3v) is 3.05. The Morgan fingerprint density at radius 1 is 1.47 bits per heavy atom. The Bertz CT molecular complexity index is 493. The van der Waals surface area contributed by atoms with Gasteiger partial charge in [-0.1, -0.05) is 11.6 Å². The molecular formula is C11H12ClN3O4. The van der Waals surface area contributed by atoms with Gasteiger partial charge in [0.2, 0.25) is 0 Å². The molecule has 0 aromatic carbocycles. The number of methoxy groups -OCH3 is 1. The highest BCUT2D eigenvalue weighted by molar-refractivity contribution is 6.29. The van der Waals surface area contributed by atoms with Crippen molar-refractivity contribution in [2.45, 2.75) is 18.6 Å². The maximum atomic E-state index is 12.2. The van der Waals surface area contributed by atoms with E-state index in [0.717, 1.165) is 0 Å². The molecule has 0 bridgehead atoms. The van der Waals surface area contributed by atoms with Gasteiger partial charge >= 0.3 is 5.97 Å². The minimum absolute atomic E-state index is 0.0584. The quantitative estimate of drug-likeness (QED) is 0.762. The third-order valence-electron chi connectivity index (χ3n) is 2.85. The van der Waals surface area contributed by atoms with Crippen molar-refractivity contribution >= 4 is 23.5 Å². The number of aromatic nitrogens is 2. The van der Waals surface area contributed by atoms with E-state index in [4.69, 9.17) is 11.6 Å². The highest BCUT2D eigenvalue weighted by Gasteiger charge is 2.40. The first kappa shape index (κ1) is 13.7. The number of β-amino-alcohol motifs (C(OH)–C–C–N with tert-alkyl or cyclic N) is 1. The fourth-order valence-electron chi connectivity index (χ4n) is 1.97. The number of halogens is 1. The molecule has 1 aromatic heterocycles. The van der Waals surface area contributed by atoms with E-state index in [2.05, 4.69) is 14.7 Å². The molecule has 0 spiro atoms. The maximum absolute atomic E-state index is 12.2. The van der Waals surface area contributed by atoms with Gasteiger partial charge in [0.15, 0.2) is 0 Å². The first-order valence-corrected chi connectivity index (χ1v) is 5.95. The van der Waals surface area contributed by atoms with E-state index in [1.165, 1.54) is 24.4 Å². The normalized spacial score (nSPS) is 22.4. The Morgan fingerprint density at radius 3 is 2.79 bits per heavy atom. The smallest absolute Gasteiger partial charge is 0.328 e. The minimum atomic E-state index is -0.801. The Hall–Kier alpha value is -1.73. The molecule has 1 amide bonds. The summed E-state index contributed by atoms with van der Waals surface area (Å²) in [4.78, 5) is 32.6. The molecule has 8 heteroatoms. The molecule has 0 saturated carbocycles. The minimum Gasteiger partial charge on any atom is -0.467 e. The number of carbonyl (C=O) groups is 2. The van der Waals surface area contributed by atoms with Crippen molar-refractivity contribution in [2.75, 3.05) is 13.7 Å². The predicted octanol–water partition coefficient (Wildman–Crippen LogP) is -0.122. The largest absolute Gasteiger partial charge is 0.467 e. The molecule has 102 valence electrons. The van der Waals surface area contributed by atoms with E-state index in [9.17, 15) is 14.7 Å². The van der Waals surface area contributed by atoms with Gasteiger partial charge in [0.05, 0.1) is 25.6 Å². The maximum Gasteiger partial charge on any atom is 0.328 e. The van der Waals surface area contributed by atoms with Gasteiger partial charge in [0, 0.05) is 13.0 Å². The van der Waals surface area contributed by atoms with Gasteiger partial charge in [0.1, 0.15) is 16.9 Å². The summed E-state index contributed by atoms with van der Waals surface area (Å²) in [6.07, 6.45) is 1.87. The van der Waals surface area contributed by atoms with Crippen LogP contribution in [0, 0.1) is 0 Å². The van der Waals surface area contributed by atoms with Crippen LogP contribution in [0.25, 0.3) is 0 Å². The molecule has 1 aliphatic heterocycles. The summed E-state index contributed by atoms with van der Waals surface area (Å²) < 4.78 is 4.62. The van der Waals surface area contributed by atoms with Crippen LogP contribution in [0.1, 0.15) is 16.9 Å². The van der Waals surface area contributed by atoms with Crippen molar-refractivity contribution in [3.05, 3.63) is 23.2 Å². The van der Waals surface area contributed by atoms with Gasteiger partial charge < -0.3 is 14.7 Å². The molecule has 1 N–H and O–H groups in total. The summed E-state index contributed by atoms with van der Waals surface area (Å²) in [5.74, 6) is -1.05. The number of hydrogen-bond donors (Lipinski definition) is 1. The van der Waals surface area contributed by atoms with Crippen LogP contribution in [0.15, 0.2) is 12.4 Å². The average molecular weight is 286 g/mol. The Morgan fingerprint density at radius 2 is 2.21 bits per heavy atom. The average Bonchev–Trinajstić information content (AvgIpc) is 2.80. The second kappa shape index (κ2) is 5.50. The van der Waals surface area contributed by atoms with Crippen molar-refractivity contribution in [3.8, 4) is 0 Å². The number of amides is 1. The summed E-state index contributed by atoms with van der Waals surface area (Å²) >= 11 is 5.59.